The Bertz CT molecular complexity index is 1660. The lowest BCUT2D eigenvalue weighted by Gasteiger charge is -2.24. The normalized spacial score (nSPS) is 14.0. The molecule has 2 aliphatic rings. The number of H-pyrrole nitrogens is 1. The summed E-state index contributed by atoms with van der Waals surface area (Å²) in [6.07, 6.45) is 1.55. The molecule has 2 aromatic carbocycles. The molecular weight excluding hydrogens is 532 g/mol. The molecule has 0 aliphatic carbocycles. The fourth-order valence-electron chi connectivity index (χ4n) is 4.55. The van der Waals surface area contributed by atoms with E-state index in [1.54, 1.807) is 25.4 Å². The Morgan fingerprint density at radius 2 is 2.07 bits per heavy atom. The number of aromatic nitrogens is 4. The van der Waals surface area contributed by atoms with Crippen molar-refractivity contribution < 1.29 is 24.1 Å². The maximum absolute atomic E-state index is 13.0. The van der Waals surface area contributed by atoms with Crippen LogP contribution in [0.5, 0.6) is 11.5 Å². The first-order valence-corrected chi connectivity index (χ1v) is 12.5. The monoisotopic (exact) mass is 560 g/mol. The van der Waals surface area contributed by atoms with Crippen molar-refractivity contribution in [2.75, 3.05) is 25.0 Å². The summed E-state index contributed by atoms with van der Waals surface area (Å²) in [5, 5.41) is 26.5. The van der Waals surface area contributed by atoms with Crippen LogP contribution in [0.4, 0.5) is 11.4 Å². The third kappa shape index (κ3) is 5.67. The summed E-state index contributed by atoms with van der Waals surface area (Å²) in [6, 6.07) is 12.3. The van der Waals surface area contributed by atoms with E-state index in [2.05, 4.69) is 25.7 Å². The van der Waals surface area contributed by atoms with Gasteiger partial charge in [-0.2, -0.15) is 4.68 Å². The summed E-state index contributed by atoms with van der Waals surface area (Å²) >= 11 is 0. The molecule has 0 saturated heterocycles. The number of carbonyl (C=O) groups is 1. The van der Waals surface area contributed by atoms with Crippen molar-refractivity contribution in [1.29, 1.82) is 5.41 Å². The fourth-order valence-corrected chi connectivity index (χ4v) is 4.55. The molecule has 2 aliphatic heterocycles. The number of nitrogens with one attached hydrogen (secondary N) is 4. The number of pyridine rings is 1. The highest BCUT2D eigenvalue weighted by Crippen LogP contribution is 2.39. The van der Waals surface area contributed by atoms with Gasteiger partial charge in [-0.15, -0.1) is 5.10 Å². The highest BCUT2D eigenvalue weighted by atomic mass is 16.7. The predicted octanol–water partition coefficient (Wildman–Crippen LogP) is 2.13. The number of nitrogens with zero attached hydrogens (tertiary/aromatic N) is 3. The molecule has 0 bridgehead atoms. The number of carboxylic acids is 1. The number of aromatic amines is 1. The standard InChI is InChI=1S/C25H24N8O4.C2H4O2/c1-35-19-9-13(7-15-11-36-12-37-21(15)19)20(30-16-4-5-17-14(8-16)10-29-22(17)27)23-31-25(34)33(32-23)24-18(26)3-2-6-28-24;1-2(3)4/h2-9,20,30H,10-12,26H2,1H3,(H2,27,29)(H,31,32,34);1H3,(H,3,4). The minimum atomic E-state index is -0.833. The van der Waals surface area contributed by atoms with Crippen LogP contribution in [0, 0.1) is 5.41 Å². The number of nitrogen functional groups attached to an aromatic ring is 1. The van der Waals surface area contributed by atoms with E-state index >= 15 is 0 Å². The number of hydrogen-bond donors (Lipinski definition) is 6. The molecule has 7 N–H and O–H groups in total. The van der Waals surface area contributed by atoms with E-state index in [-0.39, 0.29) is 12.6 Å². The Balaban J connectivity index is 0.000000794. The largest absolute Gasteiger partial charge is 0.493 e. The van der Waals surface area contributed by atoms with Gasteiger partial charge in [-0.25, -0.2) is 9.78 Å². The number of methoxy groups -OCH3 is 1. The Labute approximate surface area is 233 Å². The Morgan fingerprint density at radius 1 is 1.27 bits per heavy atom. The number of aliphatic carboxylic acids is 1. The fraction of sp³-hybridized carbons (Fsp3) is 0.222. The highest BCUT2D eigenvalue weighted by molar-refractivity contribution is 6.00. The predicted molar refractivity (Wildman–Crippen MR) is 149 cm³/mol. The average molecular weight is 561 g/mol. The Kier molecular flexibility index (Phi) is 7.56. The van der Waals surface area contributed by atoms with E-state index in [4.69, 9.17) is 35.3 Å². The van der Waals surface area contributed by atoms with Crippen LogP contribution in [0.25, 0.3) is 5.82 Å². The molecule has 0 radical (unpaired) electrons. The zero-order valence-corrected chi connectivity index (χ0v) is 22.2. The van der Waals surface area contributed by atoms with Crippen molar-refractivity contribution in [2.45, 2.75) is 26.1 Å². The average Bonchev–Trinajstić information content (AvgIpc) is 3.52. The first kappa shape index (κ1) is 27.2. The van der Waals surface area contributed by atoms with Gasteiger partial charge in [-0.05, 0) is 53.6 Å². The molecule has 0 fully saturated rings. The van der Waals surface area contributed by atoms with Crippen LogP contribution in [0.3, 0.4) is 0 Å². The SMILES string of the molecule is CC(=O)O.COc1cc(C(Nc2ccc3c(c2)CNC3=N)c2nn(-c3ncccc3N)c(=O)[nH]2)cc2c1OCOC2. The van der Waals surface area contributed by atoms with Crippen molar-refractivity contribution in [3.63, 3.8) is 0 Å². The maximum Gasteiger partial charge on any atom is 0.349 e. The van der Waals surface area contributed by atoms with Gasteiger partial charge in [0.05, 0.1) is 19.4 Å². The number of benzene rings is 2. The highest BCUT2D eigenvalue weighted by Gasteiger charge is 2.26. The minimum Gasteiger partial charge on any atom is -0.493 e. The zero-order valence-electron chi connectivity index (χ0n) is 22.2. The second kappa shape index (κ2) is 11.4. The maximum atomic E-state index is 13.0. The number of hydrogen-bond acceptors (Lipinski definition) is 10. The van der Waals surface area contributed by atoms with Gasteiger partial charge in [0.2, 0.25) is 0 Å². The Morgan fingerprint density at radius 3 is 2.83 bits per heavy atom. The molecule has 0 spiro atoms. The first-order chi connectivity index (χ1) is 19.7. The molecule has 2 aromatic heterocycles. The molecule has 0 amide bonds. The smallest absolute Gasteiger partial charge is 0.349 e. The van der Waals surface area contributed by atoms with Crippen LogP contribution in [-0.4, -0.2) is 50.6 Å². The molecule has 1 atom stereocenters. The summed E-state index contributed by atoms with van der Waals surface area (Å²) in [5.74, 6) is 1.32. The van der Waals surface area contributed by atoms with Gasteiger partial charge in [-0.1, -0.05) is 0 Å². The molecule has 6 rings (SSSR count). The Hall–Kier alpha value is -5.37. The number of rotatable bonds is 6. The van der Waals surface area contributed by atoms with Crippen molar-refractivity contribution in [3.8, 4) is 17.3 Å². The lowest BCUT2D eigenvalue weighted by molar-refractivity contribution is -0.134. The number of anilines is 2. The van der Waals surface area contributed by atoms with Gasteiger partial charge in [0.1, 0.15) is 11.9 Å². The summed E-state index contributed by atoms with van der Waals surface area (Å²) in [7, 11) is 1.57. The summed E-state index contributed by atoms with van der Waals surface area (Å²) in [5.41, 5.74) is 10.1. The molecule has 4 heterocycles. The van der Waals surface area contributed by atoms with Gasteiger partial charge >= 0.3 is 5.69 Å². The number of amidine groups is 1. The van der Waals surface area contributed by atoms with Gasteiger partial charge < -0.3 is 35.7 Å². The van der Waals surface area contributed by atoms with Gasteiger partial charge in [-0.3, -0.25) is 15.2 Å². The van der Waals surface area contributed by atoms with Crippen LogP contribution in [-0.2, 0) is 22.7 Å². The summed E-state index contributed by atoms with van der Waals surface area (Å²) in [4.78, 5) is 29.0. The van der Waals surface area contributed by atoms with E-state index in [1.165, 1.54) is 0 Å². The quantitative estimate of drug-likeness (QED) is 0.202. The van der Waals surface area contributed by atoms with Gasteiger partial charge in [0.25, 0.3) is 5.97 Å². The second-order valence-corrected chi connectivity index (χ2v) is 9.16. The number of ether oxygens (including phenoxy) is 3. The molecule has 14 heteroatoms. The van der Waals surface area contributed by atoms with Crippen LogP contribution in [0.2, 0.25) is 0 Å². The van der Waals surface area contributed by atoms with Crippen LogP contribution in [0.15, 0.2) is 53.5 Å². The van der Waals surface area contributed by atoms with Crippen LogP contribution in [0.1, 0.15) is 41.0 Å². The number of nitrogens with two attached hydrogens (primary N) is 1. The molecule has 0 saturated carbocycles. The summed E-state index contributed by atoms with van der Waals surface area (Å²) in [6.45, 7) is 2.15. The lowest BCUT2D eigenvalue weighted by atomic mass is 10.0. The van der Waals surface area contributed by atoms with Gasteiger partial charge in [0.15, 0.2) is 29.9 Å². The summed E-state index contributed by atoms with van der Waals surface area (Å²) < 4.78 is 17.9. The number of carboxylic acid groups (broad SMARTS) is 1. The molecule has 4 aromatic rings. The third-order valence-corrected chi connectivity index (χ3v) is 6.32. The minimum absolute atomic E-state index is 0.145. The van der Waals surface area contributed by atoms with E-state index in [1.807, 2.05) is 30.3 Å². The molecule has 41 heavy (non-hydrogen) atoms. The van der Waals surface area contributed by atoms with E-state index in [9.17, 15) is 4.79 Å². The zero-order chi connectivity index (χ0) is 29.1. The molecule has 212 valence electrons. The number of fused-ring (bicyclic) bond motifs is 2. The molecule has 14 nitrogen and oxygen atoms in total. The molecular formula is C27H28N8O6. The van der Waals surface area contributed by atoms with Gasteiger partial charge in [0, 0.05) is 36.5 Å². The van der Waals surface area contributed by atoms with E-state index < -0.39 is 17.7 Å². The second-order valence-electron chi connectivity index (χ2n) is 9.16. The van der Waals surface area contributed by atoms with Crippen molar-refractivity contribution in [3.05, 3.63) is 87.2 Å². The lowest BCUT2D eigenvalue weighted by Crippen LogP contribution is -2.18. The topological polar surface area (TPSA) is 202 Å². The first-order valence-electron chi connectivity index (χ1n) is 12.5. The van der Waals surface area contributed by atoms with Crippen molar-refractivity contribution in [1.82, 2.24) is 25.1 Å². The van der Waals surface area contributed by atoms with E-state index in [0.717, 1.165) is 39.5 Å². The van der Waals surface area contributed by atoms with E-state index in [0.29, 0.717) is 42.0 Å². The van der Waals surface area contributed by atoms with Crippen LogP contribution < -0.4 is 31.5 Å². The molecule has 1 unspecified atom stereocenters. The van der Waals surface area contributed by atoms with Crippen molar-refractivity contribution >= 4 is 23.2 Å². The third-order valence-electron chi connectivity index (χ3n) is 6.32. The van der Waals surface area contributed by atoms with Crippen LogP contribution >= 0.6 is 0 Å². The van der Waals surface area contributed by atoms with Crippen molar-refractivity contribution in [2.24, 2.45) is 0 Å².